The van der Waals surface area contributed by atoms with E-state index in [0.29, 0.717) is 26.4 Å². The quantitative estimate of drug-likeness (QED) is 0.857. The van der Waals surface area contributed by atoms with Crippen molar-refractivity contribution in [2.75, 3.05) is 7.11 Å². The van der Waals surface area contributed by atoms with Crippen LogP contribution in [0.5, 0.6) is 0 Å². The van der Waals surface area contributed by atoms with E-state index >= 15 is 0 Å². The molecule has 0 aliphatic carbocycles. The number of ether oxygens (including phenoxy) is 1. The van der Waals surface area contributed by atoms with Crippen molar-refractivity contribution in [3.05, 3.63) is 56.8 Å². The van der Waals surface area contributed by atoms with Crippen molar-refractivity contribution < 1.29 is 14.6 Å². The van der Waals surface area contributed by atoms with Gasteiger partial charge in [-0.05, 0) is 39.7 Å². The van der Waals surface area contributed by atoms with Gasteiger partial charge in [-0.1, -0.05) is 23.7 Å². The number of nitrogens with zero attached hydrogens (tertiary/aromatic N) is 1. The van der Waals surface area contributed by atoms with Crippen molar-refractivity contribution in [1.29, 1.82) is 0 Å². The van der Waals surface area contributed by atoms with Crippen LogP contribution in [-0.4, -0.2) is 22.8 Å². The zero-order chi connectivity index (χ0) is 14.9. The van der Waals surface area contributed by atoms with Crippen LogP contribution in [0.15, 0.2) is 34.9 Å². The Balaban J connectivity index is 2.50. The molecule has 0 saturated carbocycles. The zero-order valence-electron chi connectivity index (χ0n) is 10.9. The van der Waals surface area contributed by atoms with Crippen molar-refractivity contribution in [2.45, 2.75) is 6.10 Å². The monoisotopic (exact) mass is 357 g/mol. The predicted octanol–water partition coefficient (Wildman–Crippen LogP) is 3.31. The highest BCUT2D eigenvalue weighted by molar-refractivity contribution is 9.10. The number of esters is 1. The molecule has 106 valence electrons. The SMILES string of the molecule is COC(=O)c1cc(Br)n(C)c1C(O)c1ccc(Cl)cc1. The molecule has 0 radical (unpaired) electrons. The van der Waals surface area contributed by atoms with E-state index in [1.807, 2.05) is 0 Å². The van der Waals surface area contributed by atoms with Crippen molar-refractivity contribution >= 4 is 33.5 Å². The molecule has 1 heterocycles. The van der Waals surface area contributed by atoms with E-state index in [2.05, 4.69) is 15.9 Å². The number of halogens is 2. The maximum absolute atomic E-state index is 11.8. The molecule has 20 heavy (non-hydrogen) atoms. The lowest BCUT2D eigenvalue weighted by molar-refractivity contribution is 0.0594. The number of benzene rings is 1. The summed E-state index contributed by atoms with van der Waals surface area (Å²) in [5.74, 6) is -0.491. The van der Waals surface area contributed by atoms with Crippen LogP contribution in [0.4, 0.5) is 0 Å². The van der Waals surface area contributed by atoms with Crippen molar-refractivity contribution in [2.24, 2.45) is 7.05 Å². The molecule has 1 atom stereocenters. The van der Waals surface area contributed by atoms with Crippen molar-refractivity contribution in [3.8, 4) is 0 Å². The topological polar surface area (TPSA) is 51.5 Å². The smallest absolute Gasteiger partial charge is 0.339 e. The number of hydrogen-bond donors (Lipinski definition) is 1. The number of carbonyl (C=O) groups is 1. The molecule has 2 rings (SSSR count). The Morgan fingerprint density at radius 3 is 2.55 bits per heavy atom. The van der Waals surface area contributed by atoms with Gasteiger partial charge in [-0.2, -0.15) is 0 Å². The van der Waals surface area contributed by atoms with Crippen LogP contribution in [0, 0.1) is 0 Å². The Bertz CT molecular complexity index is 637. The van der Waals surface area contributed by atoms with E-state index in [4.69, 9.17) is 16.3 Å². The Kier molecular flexibility index (Phi) is 4.52. The van der Waals surface area contributed by atoms with Crippen molar-refractivity contribution in [1.82, 2.24) is 4.57 Å². The van der Waals surface area contributed by atoms with E-state index in [1.54, 1.807) is 41.9 Å². The molecule has 0 amide bonds. The van der Waals surface area contributed by atoms with Crippen LogP contribution >= 0.6 is 27.5 Å². The van der Waals surface area contributed by atoms with E-state index in [-0.39, 0.29) is 0 Å². The molecule has 0 aliphatic rings. The van der Waals surface area contributed by atoms with Gasteiger partial charge < -0.3 is 14.4 Å². The molecule has 0 aliphatic heterocycles. The minimum absolute atomic E-state index is 0.323. The van der Waals surface area contributed by atoms with E-state index < -0.39 is 12.1 Å². The molecule has 6 heteroatoms. The third-order valence-electron chi connectivity index (χ3n) is 3.07. The molecule has 0 saturated heterocycles. The van der Waals surface area contributed by atoms with Gasteiger partial charge in [0.05, 0.1) is 23.0 Å². The second kappa shape index (κ2) is 5.99. The minimum atomic E-state index is -0.947. The predicted molar refractivity (Wildman–Crippen MR) is 80.0 cm³/mol. The number of carbonyl (C=O) groups excluding carboxylic acids is 1. The molecule has 4 nitrogen and oxygen atoms in total. The van der Waals surface area contributed by atoms with Gasteiger partial charge in [0.25, 0.3) is 0 Å². The summed E-state index contributed by atoms with van der Waals surface area (Å²) in [4.78, 5) is 11.8. The van der Waals surface area contributed by atoms with Gasteiger partial charge in [0.2, 0.25) is 0 Å². The maximum Gasteiger partial charge on any atom is 0.339 e. The molecule has 0 bridgehead atoms. The second-order valence-corrected chi connectivity index (χ2v) is 5.52. The highest BCUT2D eigenvalue weighted by atomic mass is 79.9. The third kappa shape index (κ3) is 2.75. The summed E-state index contributed by atoms with van der Waals surface area (Å²) in [5, 5.41) is 11.1. The third-order valence-corrected chi connectivity index (χ3v) is 4.08. The molecule has 0 spiro atoms. The first-order chi connectivity index (χ1) is 9.45. The minimum Gasteiger partial charge on any atom is -0.465 e. The van der Waals surface area contributed by atoms with Crippen molar-refractivity contribution in [3.63, 3.8) is 0 Å². The van der Waals surface area contributed by atoms with Gasteiger partial charge in [-0.15, -0.1) is 0 Å². The molecular formula is C14H13BrClNO3. The summed E-state index contributed by atoms with van der Waals surface area (Å²) >= 11 is 9.17. The molecule has 1 aromatic carbocycles. The fraction of sp³-hybridized carbons (Fsp3) is 0.214. The van der Waals surface area contributed by atoms with E-state index in [1.165, 1.54) is 7.11 Å². The summed E-state index contributed by atoms with van der Waals surface area (Å²) in [7, 11) is 3.06. The van der Waals surface area contributed by atoms with E-state index in [9.17, 15) is 9.90 Å². The lowest BCUT2D eigenvalue weighted by Gasteiger charge is -2.15. The van der Waals surface area contributed by atoms with Gasteiger partial charge in [0, 0.05) is 12.1 Å². The van der Waals surface area contributed by atoms with Crippen LogP contribution < -0.4 is 0 Å². The first-order valence-electron chi connectivity index (χ1n) is 5.82. The summed E-state index contributed by atoms with van der Waals surface area (Å²) in [5.41, 5.74) is 1.43. The molecule has 1 unspecified atom stereocenters. The second-order valence-electron chi connectivity index (χ2n) is 4.27. The lowest BCUT2D eigenvalue weighted by atomic mass is 10.0. The summed E-state index contributed by atoms with van der Waals surface area (Å²) in [6.07, 6.45) is -0.947. The van der Waals surface area contributed by atoms with Gasteiger partial charge in [0.15, 0.2) is 0 Å². The van der Waals surface area contributed by atoms with Gasteiger partial charge in [-0.3, -0.25) is 0 Å². The molecule has 0 fully saturated rings. The highest BCUT2D eigenvalue weighted by Crippen LogP contribution is 2.30. The molecule has 1 aromatic heterocycles. The first kappa shape index (κ1) is 15.1. The average molecular weight is 359 g/mol. The number of hydrogen-bond acceptors (Lipinski definition) is 3. The van der Waals surface area contributed by atoms with Gasteiger partial charge >= 0.3 is 5.97 Å². The number of methoxy groups -OCH3 is 1. The number of aliphatic hydroxyl groups is 1. The highest BCUT2D eigenvalue weighted by Gasteiger charge is 2.24. The zero-order valence-corrected chi connectivity index (χ0v) is 13.3. The summed E-state index contributed by atoms with van der Waals surface area (Å²) in [6.45, 7) is 0. The fourth-order valence-corrected chi connectivity index (χ4v) is 2.54. The van der Waals surface area contributed by atoms with Crippen LogP contribution in [0.2, 0.25) is 5.02 Å². The standard InChI is InChI=1S/C14H13BrClNO3/c1-17-11(15)7-10(14(19)20-2)12(17)13(18)8-3-5-9(16)6-4-8/h3-7,13,18H,1-2H3. The van der Waals surface area contributed by atoms with Crippen LogP contribution in [-0.2, 0) is 11.8 Å². The fourth-order valence-electron chi connectivity index (χ4n) is 1.99. The normalized spacial score (nSPS) is 12.2. The molecular weight excluding hydrogens is 346 g/mol. The van der Waals surface area contributed by atoms with Crippen LogP contribution in [0.25, 0.3) is 0 Å². The van der Waals surface area contributed by atoms with E-state index in [0.717, 1.165) is 0 Å². The Morgan fingerprint density at radius 1 is 1.40 bits per heavy atom. The van der Waals surface area contributed by atoms with Crippen LogP contribution in [0.1, 0.15) is 27.7 Å². The molecule has 2 aromatic rings. The van der Waals surface area contributed by atoms with Gasteiger partial charge in [-0.25, -0.2) is 4.79 Å². The summed E-state index contributed by atoms with van der Waals surface area (Å²) in [6, 6.07) is 8.44. The Labute approximate surface area is 130 Å². The lowest BCUT2D eigenvalue weighted by Crippen LogP contribution is -2.12. The number of rotatable bonds is 3. The van der Waals surface area contributed by atoms with Crippen LogP contribution in [0.3, 0.4) is 0 Å². The number of aromatic nitrogens is 1. The average Bonchev–Trinajstić information content (AvgIpc) is 2.74. The molecule has 1 N–H and O–H groups in total. The number of aliphatic hydroxyl groups excluding tert-OH is 1. The first-order valence-corrected chi connectivity index (χ1v) is 6.99. The maximum atomic E-state index is 11.8. The Hall–Kier alpha value is -1.30. The Morgan fingerprint density at radius 2 is 2.00 bits per heavy atom. The van der Waals surface area contributed by atoms with Gasteiger partial charge in [0.1, 0.15) is 6.10 Å². The largest absolute Gasteiger partial charge is 0.465 e. The summed E-state index contributed by atoms with van der Waals surface area (Å²) < 4.78 is 7.13.